The fraction of sp³-hybridized carbons (Fsp3) is 0.312. The van der Waals surface area contributed by atoms with E-state index in [2.05, 4.69) is 20.3 Å². The summed E-state index contributed by atoms with van der Waals surface area (Å²) in [7, 11) is 0. The number of nitrogens with two attached hydrogens (primary N) is 1. The van der Waals surface area contributed by atoms with Crippen molar-refractivity contribution >= 4 is 63.8 Å². The third kappa shape index (κ3) is 4.92. The van der Waals surface area contributed by atoms with E-state index >= 15 is 0 Å². The monoisotopic (exact) mass is 437 g/mol. The summed E-state index contributed by atoms with van der Waals surface area (Å²) in [6, 6.07) is 3.43. The highest BCUT2D eigenvalue weighted by Crippen LogP contribution is 2.35. The molecule has 3 heterocycles. The van der Waals surface area contributed by atoms with Gasteiger partial charge in [-0.15, -0.1) is 36.2 Å². The van der Waals surface area contributed by atoms with Crippen LogP contribution in [0.1, 0.15) is 22.9 Å². The van der Waals surface area contributed by atoms with E-state index in [0.29, 0.717) is 11.4 Å². The van der Waals surface area contributed by atoms with Crippen molar-refractivity contribution in [1.82, 2.24) is 15.0 Å². The second-order valence-corrected chi connectivity index (χ2v) is 7.10. The number of rotatable bonds is 5. The van der Waals surface area contributed by atoms with Crippen LogP contribution in [-0.2, 0) is 13.0 Å². The Bertz CT molecular complexity index is 888. The molecule has 0 fully saturated rings. The van der Waals surface area contributed by atoms with Gasteiger partial charge >= 0.3 is 0 Å². The van der Waals surface area contributed by atoms with Crippen molar-refractivity contribution in [3.63, 3.8) is 0 Å². The third-order valence-electron chi connectivity index (χ3n) is 3.63. The first kappa shape index (κ1) is 22.8. The molecule has 0 saturated carbocycles. The van der Waals surface area contributed by atoms with E-state index in [9.17, 15) is 4.39 Å². The smallest absolute Gasteiger partial charge is 0.224 e. The van der Waals surface area contributed by atoms with Crippen LogP contribution in [0.2, 0.25) is 5.28 Å². The van der Waals surface area contributed by atoms with Gasteiger partial charge in [-0.3, -0.25) is 0 Å². The number of hydrogen-bond acceptors (Lipinski definition) is 6. The van der Waals surface area contributed by atoms with Crippen molar-refractivity contribution in [3.8, 4) is 0 Å². The number of hydrogen-bond donors (Lipinski definition) is 2. The minimum absolute atomic E-state index is 0. The predicted molar refractivity (Wildman–Crippen MR) is 111 cm³/mol. The van der Waals surface area contributed by atoms with Gasteiger partial charge in [0, 0.05) is 29.2 Å². The second-order valence-electron chi connectivity index (χ2n) is 5.66. The Balaban J connectivity index is 0.00000169. The molecule has 0 amide bonds. The fourth-order valence-corrected chi connectivity index (χ4v) is 3.96. The van der Waals surface area contributed by atoms with Crippen molar-refractivity contribution < 1.29 is 4.39 Å². The van der Waals surface area contributed by atoms with Crippen LogP contribution in [0.4, 0.5) is 10.2 Å². The number of pyridine rings is 1. The van der Waals surface area contributed by atoms with Gasteiger partial charge in [-0.25, -0.2) is 9.97 Å². The molecule has 3 rings (SSSR count). The summed E-state index contributed by atoms with van der Waals surface area (Å²) in [5.41, 5.74) is 8.25. The maximum absolute atomic E-state index is 13.7. The molecule has 0 aliphatic heterocycles. The lowest BCUT2D eigenvalue weighted by molar-refractivity contribution is 0.569. The standard InChI is InChI=1S/C16H17ClFN5S.2ClH/c1-8(19)6-11-9(2)12-13(24-11)15(23-16(17)22-12)21-7-10-4-3-5-20-14(10)18;;/h3-5,8H,6-7,19H2,1-2H3,(H,21,22,23);2*1H. The molecule has 26 heavy (non-hydrogen) atoms. The molecule has 0 radical (unpaired) electrons. The summed E-state index contributed by atoms with van der Waals surface area (Å²) in [5, 5.41) is 3.30. The minimum atomic E-state index is -0.499. The van der Waals surface area contributed by atoms with E-state index in [1.807, 2.05) is 13.8 Å². The SMILES string of the molecule is Cc1c(CC(C)N)sc2c(NCc3cccnc3F)nc(Cl)nc12.Cl.Cl. The molecule has 0 aromatic carbocycles. The first-order chi connectivity index (χ1) is 11.5. The number of halogens is 4. The molecule has 0 bridgehead atoms. The van der Waals surface area contributed by atoms with Crippen LogP contribution in [0.25, 0.3) is 10.2 Å². The van der Waals surface area contributed by atoms with Crippen molar-refractivity contribution in [1.29, 1.82) is 0 Å². The van der Waals surface area contributed by atoms with Crippen LogP contribution in [0.3, 0.4) is 0 Å². The van der Waals surface area contributed by atoms with Gasteiger partial charge in [0.2, 0.25) is 11.2 Å². The molecule has 5 nitrogen and oxygen atoms in total. The van der Waals surface area contributed by atoms with Crippen LogP contribution >= 0.6 is 47.8 Å². The van der Waals surface area contributed by atoms with E-state index in [-0.39, 0.29) is 42.7 Å². The van der Waals surface area contributed by atoms with Gasteiger partial charge < -0.3 is 11.1 Å². The molecule has 3 aromatic rings. The Labute approximate surface area is 172 Å². The zero-order chi connectivity index (χ0) is 17.3. The van der Waals surface area contributed by atoms with Crippen molar-refractivity contribution in [2.45, 2.75) is 32.9 Å². The van der Waals surface area contributed by atoms with Crippen LogP contribution in [0.15, 0.2) is 18.3 Å². The number of aromatic nitrogens is 3. The quantitative estimate of drug-likeness (QED) is 0.452. The number of nitrogens with one attached hydrogen (secondary N) is 1. The lowest BCUT2D eigenvalue weighted by Gasteiger charge is -2.07. The molecule has 3 N–H and O–H groups in total. The lowest BCUT2D eigenvalue weighted by Crippen LogP contribution is -2.17. The molecule has 1 unspecified atom stereocenters. The summed E-state index contributed by atoms with van der Waals surface area (Å²) >= 11 is 7.65. The minimum Gasteiger partial charge on any atom is -0.364 e. The summed E-state index contributed by atoms with van der Waals surface area (Å²) < 4.78 is 14.6. The molecular formula is C16H19Cl3FN5S. The van der Waals surface area contributed by atoms with Gasteiger partial charge in [0.15, 0.2) is 0 Å². The molecule has 10 heteroatoms. The Hall–Kier alpha value is -1.25. The largest absolute Gasteiger partial charge is 0.364 e. The predicted octanol–water partition coefficient (Wildman–Crippen LogP) is 4.53. The highest BCUT2D eigenvalue weighted by atomic mass is 35.5. The number of anilines is 1. The van der Waals surface area contributed by atoms with Gasteiger partial charge in [-0.1, -0.05) is 6.07 Å². The number of fused-ring (bicyclic) bond motifs is 1. The fourth-order valence-electron chi connectivity index (χ4n) is 2.44. The van der Waals surface area contributed by atoms with Crippen LogP contribution in [-0.4, -0.2) is 21.0 Å². The third-order valence-corrected chi connectivity index (χ3v) is 5.11. The van der Waals surface area contributed by atoms with Crippen molar-refractivity contribution in [3.05, 3.63) is 45.6 Å². The molecule has 0 aliphatic rings. The average Bonchev–Trinajstić information content (AvgIpc) is 2.82. The summed E-state index contributed by atoms with van der Waals surface area (Å²) in [6.07, 6.45) is 2.18. The topological polar surface area (TPSA) is 76.7 Å². The maximum Gasteiger partial charge on any atom is 0.224 e. The van der Waals surface area contributed by atoms with Gasteiger partial charge in [0.05, 0.1) is 10.2 Å². The summed E-state index contributed by atoms with van der Waals surface area (Å²) in [6.45, 7) is 4.24. The first-order valence-corrected chi connectivity index (χ1v) is 8.69. The van der Waals surface area contributed by atoms with Crippen molar-refractivity contribution in [2.75, 3.05) is 5.32 Å². The van der Waals surface area contributed by atoms with E-state index in [0.717, 1.165) is 27.1 Å². The summed E-state index contributed by atoms with van der Waals surface area (Å²) in [5.74, 6) is 0.0960. The van der Waals surface area contributed by atoms with Crippen molar-refractivity contribution in [2.24, 2.45) is 5.73 Å². The van der Waals surface area contributed by atoms with E-state index in [4.69, 9.17) is 17.3 Å². The molecule has 0 aliphatic carbocycles. The first-order valence-electron chi connectivity index (χ1n) is 7.50. The summed E-state index contributed by atoms with van der Waals surface area (Å²) in [4.78, 5) is 13.4. The average molecular weight is 439 g/mol. The van der Waals surface area contributed by atoms with Crippen LogP contribution in [0, 0.1) is 12.9 Å². The Kier molecular flexibility index (Phi) is 8.43. The van der Waals surface area contributed by atoms with Gasteiger partial charge in [-0.05, 0) is 43.5 Å². The molecule has 3 aromatic heterocycles. The molecule has 0 spiro atoms. The normalized spacial score (nSPS) is 11.6. The van der Waals surface area contributed by atoms with Crippen LogP contribution in [0.5, 0.6) is 0 Å². The van der Waals surface area contributed by atoms with Gasteiger partial charge in [0.1, 0.15) is 5.82 Å². The zero-order valence-electron chi connectivity index (χ0n) is 14.1. The Morgan fingerprint density at radius 2 is 2.08 bits per heavy atom. The molecule has 142 valence electrons. The van der Waals surface area contributed by atoms with E-state index in [1.54, 1.807) is 23.5 Å². The highest BCUT2D eigenvalue weighted by Gasteiger charge is 2.16. The van der Waals surface area contributed by atoms with Gasteiger partial charge in [-0.2, -0.15) is 9.37 Å². The molecule has 1 atom stereocenters. The zero-order valence-corrected chi connectivity index (χ0v) is 17.3. The van der Waals surface area contributed by atoms with Gasteiger partial charge in [0.25, 0.3) is 0 Å². The van der Waals surface area contributed by atoms with Crippen LogP contribution < -0.4 is 11.1 Å². The second kappa shape index (κ2) is 9.62. The maximum atomic E-state index is 13.7. The number of thiophene rings is 1. The molecule has 0 saturated heterocycles. The Morgan fingerprint density at radius 1 is 1.35 bits per heavy atom. The number of aryl methyl sites for hydroxylation is 1. The lowest BCUT2D eigenvalue weighted by atomic mass is 10.1. The molecular weight excluding hydrogens is 420 g/mol. The number of nitrogens with zero attached hydrogens (tertiary/aromatic N) is 3. The Morgan fingerprint density at radius 3 is 2.73 bits per heavy atom. The van der Waals surface area contributed by atoms with E-state index in [1.165, 1.54) is 6.20 Å². The highest BCUT2D eigenvalue weighted by molar-refractivity contribution is 7.19. The van der Waals surface area contributed by atoms with E-state index < -0.39 is 5.95 Å².